The van der Waals surface area contributed by atoms with Crippen molar-refractivity contribution in [2.75, 3.05) is 6.61 Å². The second-order valence-electron chi connectivity index (χ2n) is 5.60. The molecule has 26 heavy (non-hydrogen) atoms. The summed E-state index contributed by atoms with van der Waals surface area (Å²) in [5, 5.41) is 0. The number of esters is 3. The fraction of sp³-hybridized carbons (Fsp3) is 0.786. The summed E-state index contributed by atoms with van der Waals surface area (Å²) >= 11 is 17.2. The average molecular weight is 436 g/mol. The minimum atomic E-state index is -1.89. The van der Waals surface area contributed by atoms with Crippen LogP contribution in [0.2, 0.25) is 0 Å². The van der Waals surface area contributed by atoms with Crippen molar-refractivity contribution in [2.24, 2.45) is 0 Å². The van der Waals surface area contributed by atoms with Crippen LogP contribution in [0.15, 0.2) is 0 Å². The topological polar surface area (TPSA) is 107 Å². The number of rotatable bonds is 5. The molecule has 0 aromatic carbocycles. The Bertz CT molecular complexity index is 564. The first-order valence-electron chi connectivity index (χ1n) is 7.50. The van der Waals surface area contributed by atoms with Gasteiger partial charge in [0.1, 0.15) is 12.7 Å². The number of hydrogen-bond acceptors (Lipinski definition) is 9. The van der Waals surface area contributed by atoms with Crippen molar-refractivity contribution in [1.29, 1.82) is 0 Å². The number of hydrogen-bond donors (Lipinski definition) is 0. The Balaban J connectivity index is 2.19. The summed E-state index contributed by atoms with van der Waals surface area (Å²) in [7, 11) is 0. The minimum absolute atomic E-state index is 0.315. The molecule has 2 fully saturated rings. The minimum Gasteiger partial charge on any atom is -0.462 e. The molecule has 2 aliphatic heterocycles. The van der Waals surface area contributed by atoms with Gasteiger partial charge in [-0.15, -0.1) is 0 Å². The molecule has 6 atom stereocenters. The molecule has 2 heterocycles. The molecule has 12 heteroatoms. The molecule has 0 bridgehead atoms. The standard InChI is InChI=1S/C14H17Cl3O9/c1-5(18)21-4-8(22-6(2)19)9-10(23-7(3)20)11-12(24-9)26-13(25-11)14(15,16)17/h8-13H,4H2,1-3H3/t8-,9-,10+,11-,12-,13?/m1/s1. The van der Waals surface area contributed by atoms with Gasteiger partial charge in [0.2, 0.25) is 10.1 Å². The van der Waals surface area contributed by atoms with E-state index in [1.54, 1.807) is 0 Å². The lowest BCUT2D eigenvalue weighted by Crippen LogP contribution is -2.47. The van der Waals surface area contributed by atoms with Crippen molar-refractivity contribution in [3.8, 4) is 0 Å². The first-order chi connectivity index (χ1) is 12.0. The van der Waals surface area contributed by atoms with Crippen LogP contribution in [-0.2, 0) is 42.8 Å². The van der Waals surface area contributed by atoms with Gasteiger partial charge in [-0.1, -0.05) is 34.8 Å². The van der Waals surface area contributed by atoms with Crippen molar-refractivity contribution >= 4 is 52.7 Å². The van der Waals surface area contributed by atoms with Crippen LogP contribution in [0.1, 0.15) is 20.8 Å². The third-order valence-electron chi connectivity index (χ3n) is 3.45. The van der Waals surface area contributed by atoms with Gasteiger partial charge >= 0.3 is 17.9 Å². The second-order valence-corrected chi connectivity index (χ2v) is 7.97. The van der Waals surface area contributed by atoms with E-state index >= 15 is 0 Å². The summed E-state index contributed by atoms with van der Waals surface area (Å²) < 4.78 is 29.9. The van der Waals surface area contributed by atoms with E-state index in [0.29, 0.717) is 0 Å². The predicted molar refractivity (Wildman–Crippen MR) is 86.4 cm³/mol. The maximum absolute atomic E-state index is 11.5. The zero-order valence-corrected chi connectivity index (χ0v) is 16.2. The average Bonchev–Trinajstić information content (AvgIpc) is 3.02. The Morgan fingerprint density at radius 1 is 1.00 bits per heavy atom. The Morgan fingerprint density at radius 3 is 2.15 bits per heavy atom. The molecule has 0 aromatic heterocycles. The van der Waals surface area contributed by atoms with E-state index in [-0.39, 0.29) is 6.61 Å². The van der Waals surface area contributed by atoms with E-state index in [2.05, 4.69) is 0 Å². The summed E-state index contributed by atoms with van der Waals surface area (Å²) in [6.07, 6.45) is -6.35. The monoisotopic (exact) mass is 434 g/mol. The van der Waals surface area contributed by atoms with E-state index in [1.165, 1.54) is 20.8 Å². The largest absolute Gasteiger partial charge is 0.462 e. The molecule has 2 rings (SSSR count). The molecular formula is C14H17Cl3O9. The highest BCUT2D eigenvalue weighted by Gasteiger charge is 2.60. The van der Waals surface area contributed by atoms with Gasteiger partial charge in [-0.3, -0.25) is 14.4 Å². The number of fused-ring (bicyclic) bond motifs is 1. The fourth-order valence-electron chi connectivity index (χ4n) is 2.59. The summed E-state index contributed by atoms with van der Waals surface area (Å²) in [5.74, 6) is -1.88. The second kappa shape index (κ2) is 8.45. The Morgan fingerprint density at radius 2 is 1.65 bits per heavy atom. The highest BCUT2D eigenvalue weighted by Crippen LogP contribution is 2.43. The molecule has 9 nitrogen and oxygen atoms in total. The van der Waals surface area contributed by atoms with Gasteiger partial charge in [0.25, 0.3) is 0 Å². The first-order valence-corrected chi connectivity index (χ1v) is 8.63. The number of halogens is 3. The van der Waals surface area contributed by atoms with Crippen LogP contribution in [-0.4, -0.2) is 65.3 Å². The van der Waals surface area contributed by atoms with Gasteiger partial charge in [-0.25, -0.2) is 0 Å². The quantitative estimate of drug-likeness (QED) is 0.358. The molecule has 0 radical (unpaired) electrons. The van der Waals surface area contributed by atoms with Crippen molar-refractivity contribution in [3.63, 3.8) is 0 Å². The van der Waals surface area contributed by atoms with Gasteiger partial charge in [0.15, 0.2) is 24.6 Å². The number of carbonyl (C=O) groups excluding carboxylic acids is 3. The Hall–Kier alpha value is -0.840. The molecule has 0 aliphatic carbocycles. The Labute approximate surface area is 164 Å². The highest BCUT2D eigenvalue weighted by atomic mass is 35.6. The van der Waals surface area contributed by atoms with Crippen molar-refractivity contribution in [2.45, 2.75) is 61.6 Å². The van der Waals surface area contributed by atoms with Gasteiger partial charge in [0.05, 0.1) is 0 Å². The highest BCUT2D eigenvalue weighted by molar-refractivity contribution is 6.67. The maximum Gasteiger partial charge on any atom is 0.303 e. The van der Waals surface area contributed by atoms with Crippen LogP contribution in [0.3, 0.4) is 0 Å². The smallest absolute Gasteiger partial charge is 0.303 e. The number of carbonyl (C=O) groups is 3. The zero-order valence-electron chi connectivity index (χ0n) is 14.0. The van der Waals surface area contributed by atoms with Crippen LogP contribution in [0, 0.1) is 0 Å². The van der Waals surface area contributed by atoms with E-state index in [9.17, 15) is 14.4 Å². The van der Waals surface area contributed by atoms with Crippen molar-refractivity contribution in [1.82, 2.24) is 0 Å². The summed E-state index contributed by atoms with van der Waals surface area (Å²) in [4.78, 5) is 33.9. The van der Waals surface area contributed by atoms with Crippen LogP contribution >= 0.6 is 34.8 Å². The third-order valence-corrected chi connectivity index (χ3v) is 3.98. The van der Waals surface area contributed by atoms with Crippen molar-refractivity contribution in [3.05, 3.63) is 0 Å². The maximum atomic E-state index is 11.5. The first kappa shape index (κ1) is 21.5. The molecule has 0 N–H and O–H groups in total. The summed E-state index contributed by atoms with van der Waals surface area (Å²) in [6, 6.07) is 0. The lowest BCUT2D eigenvalue weighted by Gasteiger charge is -2.29. The van der Waals surface area contributed by atoms with E-state index in [4.69, 9.17) is 63.2 Å². The molecule has 0 amide bonds. The molecular weight excluding hydrogens is 419 g/mol. The predicted octanol–water partition coefficient (Wildman–Crippen LogP) is 1.25. The Kier molecular flexibility index (Phi) is 6.98. The van der Waals surface area contributed by atoms with Crippen LogP contribution < -0.4 is 0 Å². The molecule has 2 saturated heterocycles. The summed E-state index contributed by atoms with van der Waals surface area (Å²) in [6.45, 7) is 3.23. The van der Waals surface area contributed by atoms with Gasteiger partial charge in [-0.2, -0.15) is 0 Å². The van der Waals surface area contributed by atoms with Crippen molar-refractivity contribution < 1.29 is 42.8 Å². The molecule has 0 spiro atoms. The van der Waals surface area contributed by atoms with E-state index in [1.807, 2.05) is 0 Å². The van der Waals surface area contributed by atoms with Gasteiger partial charge in [-0.05, 0) is 0 Å². The third kappa shape index (κ3) is 5.34. The lowest BCUT2D eigenvalue weighted by molar-refractivity contribution is -0.206. The molecule has 0 saturated carbocycles. The molecule has 1 unspecified atom stereocenters. The van der Waals surface area contributed by atoms with E-state index in [0.717, 1.165) is 0 Å². The molecule has 2 aliphatic rings. The molecule has 148 valence electrons. The SMILES string of the molecule is CC(=O)OC[C@@H](OC(C)=O)[C@H]1O[C@@H]2OC(C(Cl)(Cl)Cl)O[C@@H]2[C@H]1OC(C)=O. The van der Waals surface area contributed by atoms with Crippen LogP contribution in [0.4, 0.5) is 0 Å². The van der Waals surface area contributed by atoms with Crippen LogP contribution in [0.5, 0.6) is 0 Å². The lowest BCUT2D eigenvalue weighted by atomic mass is 10.1. The summed E-state index contributed by atoms with van der Waals surface area (Å²) in [5.41, 5.74) is 0. The number of ether oxygens (including phenoxy) is 6. The molecule has 0 aromatic rings. The zero-order chi connectivity index (χ0) is 19.6. The number of alkyl halides is 3. The van der Waals surface area contributed by atoms with Gasteiger partial charge < -0.3 is 28.4 Å². The van der Waals surface area contributed by atoms with Crippen LogP contribution in [0.25, 0.3) is 0 Å². The normalized spacial score (nSPS) is 31.8. The van der Waals surface area contributed by atoms with E-state index < -0.39 is 58.7 Å². The van der Waals surface area contributed by atoms with Gasteiger partial charge in [0, 0.05) is 20.8 Å². The fourth-order valence-corrected chi connectivity index (χ4v) is 2.90.